The van der Waals surface area contributed by atoms with E-state index in [-0.39, 0.29) is 16.2 Å². The molecule has 37 heavy (non-hydrogen) atoms. The average molecular weight is 491 g/mol. The average Bonchev–Trinajstić information content (AvgIpc) is 3.20. The molecular formula is C36H42O. The number of furan rings is 1. The highest BCUT2D eigenvalue weighted by molar-refractivity contribution is 6.13. The van der Waals surface area contributed by atoms with Gasteiger partial charge in [0.2, 0.25) is 0 Å². The molecule has 192 valence electrons. The van der Waals surface area contributed by atoms with Gasteiger partial charge in [0, 0.05) is 10.8 Å². The molecule has 0 spiro atoms. The van der Waals surface area contributed by atoms with Crippen molar-refractivity contribution in [3.05, 3.63) is 89.0 Å². The Morgan fingerprint density at radius 2 is 1.30 bits per heavy atom. The predicted molar refractivity (Wildman–Crippen MR) is 162 cm³/mol. The SMILES string of the molecule is CC(C)(C)c1cc(-c2ccc3oc4cccc(C5=CC=CCC5)c4c3c2C(C)(C)C)cc(C(C)(C)C)c1. The van der Waals surface area contributed by atoms with Crippen molar-refractivity contribution in [2.45, 2.75) is 91.4 Å². The summed E-state index contributed by atoms with van der Waals surface area (Å²) in [6.07, 6.45) is 8.88. The Hall–Kier alpha value is -3.06. The van der Waals surface area contributed by atoms with Crippen LogP contribution in [0.15, 0.2) is 71.2 Å². The summed E-state index contributed by atoms with van der Waals surface area (Å²) in [5, 5.41) is 2.53. The third-order valence-corrected chi connectivity index (χ3v) is 7.75. The van der Waals surface area contributed by atoms with Gasteiger partial charge in [-0.2, -0.15) is 0 Å². The van der Waals surface area contributed by atoms with Gasteiger partial charge in [0.05, 0.1) is 0 Å². The van der Waals surface area contributed by atoms with Gasteiger partial charge in [-0.1, -0.05) is 117 Å². The lowest BCUT2D eigenvalue weighted by Crippen LogP contribution is -2.17. The van der Waals surface area contributed by atoms with Crippen LogP contribution in [0.25, 0.3) is 38.6 Å². The molecular weight excluding hydrogens is 448 g/mol. The largest absolute Gasteiger partial charge is 0.456 e. The summed E-state index contributed by atoms with van der Waals surface area (Å²) < 4.78 is 6.52. The fraction of sp³-hybridized carbons (Fsp3) is 0.389. The molecule has 1 aromatic heterocycles. The smallest absolute Gasteiger partial charge is 0.136 e. The number of hydrogen-bond acceptors (Lipinski definition) is 1. The van der Waals surface area contributed by atoms with Crippen molar-refractivity contribution in [3.63, 3.8) is 0 Å². The van der Waals surface area contributed by atoms with E-state index in [0.29, 0.717) is 0 Å². The van der Waals surface area contributed by atoms with E-state index in [0.717, 1.165) is 24.0 Å². The summed E-state index contributed by atoms with van der Waals surface area (Å²) in [4.78, 5) is 0. The Labute approximate surface area is 223 Å². The third-order valence-electron chi connectivity index (χ3n) is 7.75. The normalized spacial score (nSPS) is 15.0. The molecule has 0 saturated carbocycles. The highest BCUT2D eigenvalue weighted by atomic mass is 16.3. The zero-order valence-electron chi connectivity index (χ0n) is 24.2. The minimum atomic E-state index is -0.0702. The fourth-order valence-electron chi connectivity index (χ4n) is 5.67. The van der Waals surface area contributed by atoms with Crippen LogP contribution in [0.5, 0.6) is 0 Å². The second-order valence-electron chi connectivity index (χ2n) is 13.8. The second-order valence-corrected chi connectivity index (χ2v) is 13.8. The number of rotatable bonds is 2. The zero-order chi connectivity index (χ0) is 26.8. The van der Waals surface area contributed by atoms with Gasteiger partial charge in [-0.05, 0) is 80.2 Å². The number of fused-ring (bicyclic) bond motifs is 3. The first kappa shape index (κ1) is 25.6. The van der Waals surface area contributed by atoms with Gasteiger partial charge in [0.15, 0.2) is 0 Å². The van der Waals surface area contributed by atoms with Gasteiger partial charge < -0.3 is 4.42 Å². The predicted octanol–water partition coefficient (Wildman–Crippen LogP) is 10.9. The molecule has 0 bridgehead atoms. The Morgan fingerprint density at radius 3 is 1.86 bits per heavy atom. The highest BCUT2D eigenvalue weighted by Crippen LogP contribution is 2.46. The quantitative estimate of drug-likeness (QED) is 0.272. The van der Waals surface area contributed by atoms with Crippen LogP contribution in [0, 0.1) is 0 Å². The number of allylic oxidation sites excluding steroid dienone is 4. The van der Waals surface area contributed by atoms with Crippen LogP contribution >= 0.6 is 0 Å². The van der Waals surface area contributed by atoms with Crippen LogP contribution in [0.4, 0.5) is 0 Å². The monoisotopic (exact) mass is 490 g/mol. The summed E-state index contributed by atoms with van der Waals surface area (Å²) in [5.74, 6) is 0. The van der Waals surface area contributed by atoms with Crippen molar-refractivity contribution in [2.24, 2.45) is 0 Å². The molecule has 0 aliphatic heterocycles. The van der Waals surface area contributed by atoms with Crippen molar-refractivity contribution in [3.8, 4) is 11.1 Å². The minimum Gasteiger partial charge on any atom is -0.456 e. The zero-order valence-corrected chi connectivity index (χ0v) is 24.2. The van der Waals surface area contributed by atoms with Gasteiger partial charge in [0.1, 0.15) is 11.2 Å². The Kier molecular flexibility index (Phi) is 6.06. The van der Waals surface area contributed by atoms with Crippen LogP contribution < -0.4 is 0 Å². The van der Waals surface area contributed by atoms with Crippen molar-refractivity contribution in [1.29, 1.82) is 0 Å². The van der Waals surface area contributed by atoms with E-state index in [4.69, 9.17) is 4.42 Å². The van der Waals surface area contributed by atoms with E-state index in [1.54, 1.807) is 0 Å². The molecule has 0 unspecified atom stereocenters. The van der Waals surface area contributed by atoms with E-state index in [1.807, 2.05) is 0 Å². The maximum absolute atomic E-state index is 6.52. The van der Waals surface area contributed by atoms with Gasteiger partial charge in [-0.25, -0.2) is 0 Å². The Morgan fingerprint density at radius 1 is 0.649 bits per heavy atom. The number of benzene rings is 3. The molecule has 0 atom stereocenters. The second kappa shape index (κ2) is 8.76. The third kappa shape index (κ3) is 4.70. The highest BCUT2D eigenvalue weighted by Gasteiger charge is 2.28. The minimum absolute atomic E-state index is 0.0679. The molecule has 4 aromatic rings. The lowest BCUT2D eigenvalue weighted by molar-refractivity contribution is 0.568. The van der Waals surface area contributed by atoms with Crippen LogP contribution in [0.1, 0.15) is 97.4 Å². The Balaban J connectivity index is 1.90. The molecule has 0 radical (unpaired) electrons. The standard InChI is InChI=1S/C36H42O/c1-34(2,3)25-20-24(21-26(22-25)35(4,5)6)28-18-19-30-32(33(28)36(7,8)9)31-27(16-13-17-29(31)37-30)23-14-11-10-12-15-23/h10-11,13-14,16-22H,12,15H2,1-9H3. The van der Waals surface area contributed by atoms with Crippen LogP contribution in [-0.4, -0.2) is 0 Å². The van der Waals surface area contributed by atoms with Crippen LogP contribution in [0.3, 0.4) is 0 Å². The lowest BCUT2D eigenvalue weighted by Gasteiger charge is -2.29. The molecule has 0 fully saturated rings. The molecule has 1 aliphatic carbocycles. The molecule has 3 aromatic carbocycles. The first-order valence-corrected chi connectivity index (χ1v) is 13.8. The summed E-state index contributed by atoms with van der Waals surface area (Å²) in [6, 6.07) is 18.3. The van der Waals surface area contributed by atoms with Crippen molar-refractivity contribution < 1.29 is 4.42 Å². The summed E-state index contributed by atoms with van der Waals surface area (Å²) >= 11 is 0. The van der Waals surface area contributed by atoms with Gasteiger partial charge in [-0.15, -0.1) is 0 Å². The fourth-order valence-corrected chi connectivity index (χ4v) is 5.67. The van der Waals surface area contributed by atoms with E-state index >= 15 is 0 Å². The molecule has 0 N–H and O–H groups in total. The number of hydrogen-bond donors (Lipinski definition) is 0. The van der Waals surface area contributed by atoms with Crippen molar-refractivity contribution in [2.75, 3.05) is 0 Å². The topological polar surface area (TPSA) is 13.1 Å². The molecule has 1 heteroatoms. The van der Waals surface area contributed by atoms with Gasteiger partial charge in [0.25, 0.3) is 0 Å². The molecule has 0 amide bonds. The molecule has 1 heterocycles. The van der Waals surface area contributed by atoms with Crippen molar-refractivity contribution >= 4 is 27.5 Å². The van der Waals surface area contributed by atoms with Crippen LogP contribution in [-0.2, 0) is 16.2 Å². The summed E-state index contributed by atoms with van der Waals surface area (Å²) in [5.41, 5.74) is 11.5. The molecule has 0 saturated heterocycles. The molecule has 1 nitrogen and oxygen atoms in total. The van der Waals surface area contributed by atoms with E-state index in [1.165, 1.54) is 49.7 Å². The summed E-state index contributed by atoms with van der Waals surface area (Å²) in [6.45, 7) is 20.9. The van der Waals surface area contributed by atoms with Gasteiger partial charge in [-0.3, -0.25) is 0 Å². The van der Waals surface area contributed by atoms with E-state index in [9.17, 15) is 0 Å². The first-order valence-electron chi connectivity index (χ1n) is 13.8. The maximum Gasteiger partial charge on any atom is 0.136 e. The van der Waals surface area contributed by atoms with Crippen LogP contribution in [0.2, 0.25) is 0 Å². The first-order chi connectivity index (χ1) is 17.2. The van der Waals surface area contributed by atoms with E-state index in [2.05, 4.69) is 129 Å². The summed E-state index contributed by atoms with van der Waals surface area (Å²) in [7, 11) is 0. The molecule has 1 aliphatic rings. The lowest BCUT2D eigenvalue weighted by atomic mass is 9.75. The Bertz CT molecular complexity index is 1520. The van der Waals surface area contributed by atoms with Gasteiger partial charge >= 0.3 is 0 Å². The maximum atomic E-state index is 6.52. The van der Waals surface area contributed by atoms with E-state index < -0.39 is 0 Å². The van der Waals surface area contributed by atoms with Crippen molar-refractivity contribution in [1.82, 2.24) is 0 Å². The molecule has 5 rings (SSSR count).